The van der Waals surface area contributed by atoms with Crippen molar-refractivity contribution in [3.63, 3.8) is 0 Å². The third kappa shape index (κ3) is 3.76. The first kappa shape index (κ1) is 12.3. The van der Waals surface area contributed by atoms with E-state index in [0.29, 0.717) is 5.92 Å². The molecule has 0 radical (unpaired) electrons. The van der Waals surface area contributed by atoms with Crippen molar-refractivity contribution in [1.82, 2.24) is 9.80 Å². The number of likely N-dealkylation sites (N-methyl/N-ethyl adjacent to an activating group) is 2. The topological polar surface area (TPSA) is 6.48 Å². The first-order chi connectivity index (χ1) is 6.63. The Kier molecular flexibility index (Phi) is 5.21. The number of rotatable bonds is 4. The molecule has 0 amide bonds. The molecule has 2 nitrogen and oxygen atoms in total. The Labute approximate surface area is 93.2 Å². The average Bonchev–Trinajstić information content (AvgIpc) is 2.17. The molecule has 1 aliphatic heterocycles. The van der Waals surface area contributed by atoms with Crippen LogP contribution in [0.25, 0.3) is 0 Å². The summed E-state index contributed by atoms with van der Waals surface area (Å²) in [4.78, 5) is 4.90. The summed E-state index contributed by atoms with van der Waals surface area (Å²) in [7, 11) is 4.44. The lowest BCUT2D eigenvalue weighted by Crippen LogP contribution is -2.46. The van der Waals surface area contributed by atoms with E-state index >= 15 is 0 Å². The molecule has 1 saturated heterocycles. The maximum absolute atomic E-state index is 5.83. The summed E-state index contributed by atoms with van der Waals surface area (Å²) in [5, 5.41) is 0. The van der Waals surface area contributed by atoms with Crippen molar-refractivity contribution in [3.05, 3.63) is 0 Å². The van der Waals surface area contributed by atoms with Crippen molar-refractivity contribution in [2.24, 2.45) is 5.92 Å². The fourth-order valence-corrected chi connectivity index (χ4v) is 2.29. The van der Waals surface area contributed by atoms with Crippen molar-refractivity contribution < 1.29 is 0 Å². The Morgan fingerprint density at radius 2 is 2.29 bits per heavy atom. The van der Waals surface area contributed by atoms with E-state index in [9.17, 15) is 0 Å². The molecule has 0 spiro atoms. The van der Waals surface area contributed by atoms with Crippen LogP contribution >= 0.6 is 11.6 Å². The number of halogens is 1. The predicted molar refractivity (Wildman–Crippen MR) is 63.0 cm³/mol. The van der Waals surface area contributed by atoms with Gasteiger partial charge in [-0.2, -0.15) is 0 Å². The second kappa shape index (κ2) is 5.94. The number of alkyl halides is 1. The van der Waals surface area contributed by atoms with Crippen LogP contribution in [0.2, 0.25) is 0 Å². The molecule has 2 unspecified atom stereocenters. The molecule has 0 N–H and O–H groups in total. The second-order valence-corrected chi connectivity index (χ2v) is 5.07. The second-order valence-electron chi connectivity index (χ2n) is 4.76. The minimum absolute atomic E-state index is 0.605. The molecule has 2 atom stereocenters. The van der Waals surface area contributed by atoms with Crippen LogP contribution in [0.1, 0.15) is 19.8 Å². The summed E-state index contributed by atoms with van der Waals surface area (Å²) >= 11 is 5.83. The molecule has 1 rings (SSSR count). The summed E-state index contributed by atoms with van der Waals surface area (Å²) in [5.74, 6) is 1.38. The van der Waals surface area contributed by atoms with Gasteiger partial charge in [-0.05, 0) is 39.4 Å². The van der Waals surface area contributed by atoms with Gasteiger partial charge in [0.2, 0.25) is 0 Å². The smallest absolute Gasteiger partial charge is 0.0261 e. The average molecular weight is 219 g/mol. The van der Waals surface area contributed by atoms with E-state index in [2.05, 4.69) is 30.8 Å². The predicted octanol–water partition coefficient (Wildman–Crippen LogP) is 1.89. The van der Waals surface area contributed by atoms with E-state index in [1.807, 2.05) is 0 Å². The Morgan fingerprint density at radius 1 is 1.57 bits per heavy atom. The zero-order chi connectivity index (χ0) is 10.6. The molecule has 0 aromatic heterocycles. The monoisotopic (exact) mass is 218 g/mol. The Hall–Kier alpha value is 0.210. The number of nitrogens with zero attached hydrogens (tertiary/aromatic N) is 2. The van der Waals surface area contributed by atoms with Gasteiger partial charge in [0, 0.05) is 25.0 Å². The minimum atomic E-state index is 0.605. The highest BCUT2D eigenvalue weighted by molar-refractivity contribution is 6.18. The molecule has 1 aliphatic rings. The van der Waals surface area contributed by atoms with Crippen molar-refractivity contribution in [2.45, 2.75) is 25.8 Å². The molecule has 1 heterocycles. The highest BCUT2D eigenvalue weighted by atomic mass is 35.5. The van der Waals surface area contributed by atoms with Gasteiger partial charge in [-0.15, -0.1) is 11.6 Å². The van der Waals surface area contributed by atoms with E-state index in [1.54, 1.807) is 0 Å². The first-order valence-corrected chi connectivity index (χ1v) is 6.11. The van der Waals surface area contributed by atoms with Crippen molar-refractivity contribution in [3.8, 4) is 0 Å². The molecule has 1 fully saturated rings. The molecule has 3 heteroatoms. The van der Waals surface area contributed by atoms with Crippen LogP contribution in [0.5, 0.6) is 0 Å². The van der Waals surface area contributed by atoms with Gasteiger partial charge < -0.3 is 9.80 Å². The number of hydrogen-bond acceptors (Lipinski definition) is 2. The summed E-state index contributed by atoms with van der Waals surface area (Å²) < 4.78 is 0. The van der Waals surface area contributed by atoms with Gasteiger partial charge in [0.25, 0.3) is 0 Å². The van der Waals surface area contributed by atoms with E-state index in [4.69, 9.17) is 11.6 Å². The highest BCUT2D eigenvalue weighted by Crippen LogP contribution is 2.14. The van der Waals surface area contributed by atoms with Gasteiger partial charge in [-0.25, -0.2) is 0 Å². The zero-order valence-corrected chi connectivity index (χ0v) is 10.4. The third-order valence-electron chi connectivity index (χ3n) is 3.09. The Morgan fingerprint density at radius 3 is 2.86 bits per heavy atom. The van der Waals surface area contributed by atoms with Gasteiger partial charge >= 0.3 is 0 Å². The van der Waals surface area contributed by atoms with Gasteiger partial charge in [-0.3, -0.25) is 0 Å². The maximum Gasteiger partial charge on any atom is 0.0261 e. The lowest BCUT2D eigenvalue weighted by Gasteiger charge is -2.36. The van der Waals surface area contributed by atoms with Gasteiger partial charge in [0.1, 0.15) is 0 Å². The zero-order valence-electron chi connectivity index (χ0n) is 9.67. The van der Waals surface area contributed by atoms with Crippen molar-refractivity contribution in [2.75, 3.05) is 39.6 Å². The van der Waals surface area contributed by atoms with Gasteiger partial charge in [-0.1, -0.05) is 6.92 Å². The normalized spacial score (nSPS) is 26.8. The molecule has 84 valence electrons. The van der Waals surface area contributed by atoms with E-state index < -0.39 is 0 Å². The van der Waals surface area contributed by atoms with Crippen molar-refractivity contribution >= 4 is 11.6 Å². The van der Waals surface area contributed by atoms with E-state index in [0.717, 1.165) is 18.5 Å². The quantitative estimate of drug-likeness (QED) is 0.665. The minimum Gasteiger partial charge on any atom is -0.305 e. The van der Waals surface area contributed by atoms with Crippen LogP contribution in [-0.2, 0) is 0 Å². The lowest BCUT2D eigenvalue weighted by atomic mass is 10.0. The van der Waals surface area contributed by atoms with Crippen LogP contribution in [0.4, 0.5) is 0 Å². The first-order valence-electron chi connectivity index (χ1n) is 5.58. The van der Waals surface area contributed by atoms with Crippen molar-refractivity contribution in [1.29, 1.82) is 0 Å². The third-order valence-corrected chi connectivity index (χ3v) is 3.61. The fourth-order valence-electron chi connectivity index (χ4n) is 2.19. The van der Waals surface area contributed by atoms with Crippen LogP contribution < -0.4 is 0 Å². The molecular formula is C11H23ClN2. The van der Waals surface area contributed by atoms with Crippen LogP contribution in [-0.4, -0.2) is 55.5 Å². The molecule has 0 aromatic carbocycles. The van der Waals surface area contributed by atoms with E-state index in [1.165, 1.54) is 25.9 Å². The van der Waals surface area contributed by atoms with Gasteiger partial charge in [0.05, 0.1) is 0 Å². The number of hydrogen-bond donors (Lipinski definition) is 0. The Bertz CT molecular complexity index is 163. The summed E-state index contributed by atoms with van der Waals surface area (Å²) in [6, 6.07) is 0.736. The SMILES string of the molecule is CC(CCl)CN(C)C1CCCN(C)C1. The standard InChI is InChI=1S/C11H23ClN2/c1-10(7-12)8-14(3)11-5-4-6-13(2)9-11/h10-11H,4-9H2,1-3H3. The summed E-state index contributed by atoms with van der Waals surface area (Å²) in [6.45, 7) is 5.82. The fraction of sp³-hybridized carbons (Fsp3) is 1.00. The molecule has 0 aliphatic carbocycles. The molecule has 0 aromatic rings. The Balaban J connectivity index is 2.31. The highest BCUT2D eigenvalue weighted by Gasteiger charge is 2.21. The molecule has 14 heavy (non-hydrogen) atoms. The van der Waals surface area contributed by atoms with Crippen LogP contribution in [0.3, 0.4) is 0 Å². The molecule has 0 bridgehead atoms. The summed E-state index contributed by atoms with van der Waals surface area (Å²) in [6.07, 6.45) is 2.68. The van der Waals surface area contributed by atoms with Crippen LogP contribution in [0.15, 0.2) is 0 Å². The maximum atomic E-state index is 5.83. The van der Waals surface area contributed by atoms with Gasteiger partial charge in [0.15, 0.2) is 0 Å². The number of piperidine rings is 1. The van der Waals surface area contributed by atoms with Crippen LogP contribution in [0, 0.1) is 5.92 Å². The molecular weight excluding hydrogens is 196 g/mol. The summed E-state index contributed by atoms with van der Waals surface area (Å²) in [5.41, 5.74) is 0. The number of likely N-dealkylation sites (tertiary alicyclic amines) is 1. The lowest BCUT2D eigenvalue weighted by molar-refractivity contribution is 0.125. The van der Waals surface area contributed by atoms with E-state index in [-0.39, 0.29) is 0 Å². The largest absolute Gasteiger partial charge is 0.305 e. The molecule has 0 saturated carbocycles.